The lowest BCUT2D eigenvalue weighted by Crippen LogP contribution is -1.85. The number of rotatable bonds is 34. The molecule has 0 saturated heterocycles. The number of alkyl halides is 1. The molecular weight excluding hydrogens is 468 g/mol. The van der Waals surface area contributed by atoms with E-state index < -0.39 is 0 Å². The molecule has 0 aromatic carbocycles. The van der Waals surface area contributed by atoms with Gasteiger partial charge in [-0.25, -0.2) is 0 Å². The van der Waals surface area contributed by atoms with Crippen LogP contribution in [0, 0.1) is 0 Å². The minimum Gasteiger partial charge on any atom is -0.127 e. The second kappa shape index (κ2) is 36.3. The van der Waals surface area contributed by atoms with Crippen molar-refractivity contribution in [2.24, 2.45) is 0 Å². The highest BCUT2D eigenvalue weighted by molar-refractivity contribution is 6.17. The predicted molar refractivity (Wildman–Crippen MR) is 173 cm³/mol. The molecule has 0 N–H and O–H groups in total. The zero-order valence-electron chi connectivity index (χ0n) is 26.1. The third kappa shape index (κ3) is 36.3. The molecule has 0 amide bonds. The fraction of sp³-hybridized carbons (Fsp3) is 1.00. The van der Waals surface area contributed by atoms with Gasteiger partial charge in [-0.3, -0.25) is 0 Å². The minimum atomic E-state index is 0.847. The van der Waals surface area contributed by atoms with Crippen LogP contribution in [0.2, 0.25) is 0 Å². The zero-order chi connectivity index (χ0) is 26.7. The highest BCUT2D eigenvalue weighted by atomic mass is 35.5. The lowest BCUT2D eigenvalue weighted by Gasteiger charge is -2.05. The molecule has 0 atom stereocenters. The Kier molecular flexibility index (Phi) is 36.6. The van der Waals surface area contributed by atoms with Crippen LogP contribution in [0.25, 0.3) is 0 Å². The number of hydrogen-bond acceptors (Lipinski definition) is 0. The summed E-state index contributed by atoms with van der Waals surface area (Å²) in [7, 11) is 0. The predicted octanol–water partition coefficient (Wildman–Crippen LogP) is 14.5. The highest BCUT2D eigenvalue weighted by Gasteiger charge is 1.97. The second-order valence-corrected chi connectivity index (χ2v) is 12.7. The Hall–Kier alpha value is 0.290. The molecule has 0 heterocycles. The van der Waals surface area contributed by atoms with Crippen LogP contribution in [-0.4, -0.2) is 5.88 Å². The van der Waals surface area contributed by atoms with Crippen LogP contribution in [0.15, 0.2) is 0 Å². The molecule has 0 nitrogen and oxygen atoms in total. The summed E-state index contributed by atoms with van der Waals surface area (Å²) < 4.78 is 0. The monoisotopic (exact) mass is 541 g/mol. The molecule has 0 radical (unpaired) electrons. The maximum absolute atomic E-state index is 5.73. The van der Waals surface area contributed by atoms with E-state index in [1.165, 1.54) is 218 Å². The average Bonchev–Trinajstić information content (AvgIpc) is 2.91. The molecule has 0 saturated carbocycles. The van der Waals surface area contributed by atoms with E-state index in [0.29, 0.717) is 0 Å². The Balaban J connectivity index is 3.00. The first kappa shape index (κ1) is 37.3. The van der Waals surface area contributed by atoms with Gasteiger partial charge in [0.15, 0.2) is 0 Å². The third-order valence-corrected chi connectivity index (χ3v) is 8.75. The van der Waals surface area contributed by atoms with E-state index in [1.807, 2.05) is 0 Å². The van der Waals surface area contributed by atoms with Gasteiger partial charge >= 0.3 is 0 Å². The summed E-state index contributed by atoms with van der Waals surface area (Å²) in [6, 6.07) is 0. The van der Waals surface area contributed by atoms with Gasteiger partial charge in [0.2, 0.25) is 0 Å². The van der Waals surface area contributed by atoms with Crippen LogP contribution in [0.4, 0.5) is 0 Å². The van der Waals surface area contributed by atoms with Gasteiger partial charge in [0.1, 0.15) is 0 Å². The Bertz CT molecular complexity index is 332. The van der Waals surface area contributed by atoms with E-state index in [4.69, 9.17) is 11.6 Å². The third-order valence-electron chi connectivity index (χ3n) is 8.49. The topological polar surface area (TPSA) is 0 Å². The van der Waals surface area contributed by atoms with Crippen LogP contribution in [-0.2, 0) is 0 Å². The standard InChI is InChI=1S/C36H73Cl/c1-2-3-4-5-6-7-8-9-10-11-12-13-14-15-16-17-18-19-20-21-22-23-24-25-26-27-28-29-30-31-32-33-34-35-36-37/h2-36H2,1H3. The SMILES string of the molecule is CCCCCCCCCCCCCCCCCCCCCCCCCCCCCCCCCCCCCl. The molecule has 0 fully saturated rings. The number of unbranched alkanes of at least 4 members (excludes halogenated alkanes) is 33. The molecule has 0 aromatic rings. The fourth-order valence-corrected chi connectivity index (χ4v) is 6.01. The van der Waals surface area contributed by atoms with Crippen LogP contribution in [0.3, 0.4) is 0 Å². The van der Waals surface area contributed by atoms with E-state index >= 15 is 0 Å². The Morgan fingerprint density at radius 3 is 0.486 bits per heavy atom. The highest BCUT2D eigenvalue weighted by Crippen LogP contribution is 2.17. The summed E-state index contributed by atoms with van der Waals surface area (Å²) in [4.78, 5) is 0. The summed E-state index contributed by atoms with van der Waals surface area (Å²) in [5.74, 6) is 0.847. The molecule has 224 valence electrons. The van der Waals surface area contributed by atoms with E-state index in [2.05, 4.69) is 6.92 Å². The fourth-order valence-electron chi connectivity index (χ4n) is 5.82. The molecule has 0 unspecified atom stereocenters. The van der Waals surface area contributed by atoms with Crippen molar-refractivity contribution in [2.75, 3.05) is 5.88 Å². The van der Waals surface area contributed by atoms with Crippen LogP contribution in [0.1, 0.15) is 225 Å². The van der Waals surface area contributed by atoms with Crippen molar-refractivity contribution in [3.05, 3.63) is 0 Å². The Labute approximate surface area is 242 Å². The summed E-state index contributed by atoms with van der Waals surface area (Å²) >= 11 is 5.73. The maximum Gasteiger partial charge on any atom is 0.0223 e. The van der Waals surface area contributed by atoms with Crippen molar-refractivity contribution in [1.82, 2.24) is 0 Å². The Morgan fingerprint density at radius 2 is 0.351 bits per heavy atom. The lowest BCUT2D eigenvalue weighted by atomic mass is 10.0. The smallest absolute Gasteiger partial charge is 0.0223 e. The van der Waals surface area contributed by atoms with Crippen LogP contribution >= 0.6 is 11.6 Å². The molecule has 37 heavy (non-hydrogen) atoms. The van der Waals surface area contributed by atoms with Gasteiger partial charge in [0.05, 0.1) is 0 Å². The largest absolute Gasteiger partial charge is 0.127 e. The molecule has 0 aromatic heterocycles. The van der Waals surface area contributed by atoms with Gasteiger partial charge in [-0.05, 0) is 6.42 Å². The quantitative estimate of drug-likeness (QED) is 0.0562. The number of halogens is 1. The van der Waals surface area contributed by atoms with Crippen molar-refractivity contribution < 1.29 is 0 Å². The van der Waals surface area contributed by atoms with Gasteiger partial charge in [-0.2, -0.15) is 0 Å². The normalized spacial score (nSPS) is 11.5. The van der Waals surface area contributed by atoms with Crippen LogP contribution < -0.4 is 0 Å². The summed E-state index contributed by atoms with van der Waals surface area (Å²) in [6.45, 7) is 2.31. The molecule has 0 aliphatic heterocycles. The lowest BCUT2D eigenvalue weighted by molar-refractivity contribution is 0.511. The second-order valence-electron chi connectivity index (χ2n) is 12.4. The first-order valence-electron chi connectivity index (χ1n) is 18.0. The maximum atomic E-state index is 5.73. The summed E-state index contributed by atoms with van der Waals surface area (Å²) in [5, 5.41) is 0. The molecule has 0 bridgehead atoms. The van der Waals surface area contributed by atoms with Gasteiger partial charge in [0.25, 0.3) is 0 Å². The van der Waals surface area contributed by atoms with Gasteiger partial charge in [-0.15, -0.1) is 11.6 Å². The van der Waals surface area contributed by atoms with Crippen LogP contribution in [0.5, 0.6) is 0 Å². The molecule has 0 rings (SSSR count). The zero-order valence-corrected chi connectivity index (χ0v) is 26.9. The Morgan fingerprint density at radius 1 is 0.216 bits per heavy atom. The molecule has 0 aliphatic carbocycles. The average molecular weight is 541 g/mol. The van der Waals surface area contributed by atoms with E-state index in [0.717, 1.165) is 5.88 Å². The van der Waals surface area contributed by atoms with Crippen molar-refractivity contribution in [2.45, 2.75) is 225 Å². The van der Waals surface area contributed by atoms with E-state index in [9.17, 15) is 0 Å². The van der Waals surface area contributed by atoms with Gasteiger partial charge in [-0.1, -0.05) is 219 Å². The van der Waals surface area contributed by atoms with E-state index in [-0.39, 0.29) is 0 Å². The van der Waals surface area contributed by atoms with Crippen molar-refractivity contribution >= 4 is 11.6 Å². The molecule has 0 aliphatic rings. The van der Waals surface area contributed by atoms with E-state index in [1.54, 1.807) is 0 Å². The van der Waals surface area contributed by atoms with Gasteiger partial charge in [0, 0.05) is 5.88 Å². The summed E-state index contributed by atoms with van der Waals surface area (Å²) in [5.41, 5.74) is 0. The molecule has 0 spiro atoms. The number of hydrogen-bond donors (Lipinski definition) is 0. The van der Waals surface area contributed by atoms with Crippen molar-refractivity contribution in [3.63, 3.8) is 0 Å². The first-order chi connectivity index (χ1) is 18.4. The van der Waals surface area contributed by atoms with Crippen molar-refractivity contribution in [3.8, 4) is 0 Å². The minimum absolute atomic E-state index is 0.847. The summed E-state index contributed by atoms with van der Waals surface area (Å²) in [6.07, 6.45) is 49.7. The first-order valence-corrected chi connectivity index (χ1v) is 18.5. The molecule has 1 heteroatoms. The molecular formula is C36H73Cl. The van der Waals surface area contributed by atoms with Gasteiger partial charge < -0.3 is 0 Å². The van der Waals surface area contributed by atoms with Crippen molar-refractivity contribution in [1.29, 1.82) is 0 Å².